The van der Waals surface area contributed by atoms with Gasteiger partial charge in [0, 0.05) is 10.0 Å². The topological polar surface area (TPSA) is 35.2 Å². The number of halogens is 2. The monoisotopic (exact) mass is 323 g/mol. The van der Waals surface area contributed by atoms with E-state index in [-0.39, 0.29) is 12.4 Å². The van der Waals surface area contributed by atoms with Crippen LogP contribution < -0.4 is 10.5 Å². The minimum atomic E-state index is -0.250. The van der Waals surface area contributed by atoms with E-state index in [0.29, 0.717) is 12.1 Å². The molecule has 0 aliphatic carbocycles. The molecular weight excluding hydrogens is 309 g/mol. The van der Waals surface area contributed by atoms with E-state index >= 15 is 0 Å². The SMILES string of the molecule is NCCc1cc(Br)ccc1OCc1ccccc1F. The molecule has 0 spiro atoms. The first-order valence-electron chi connectivity index (χ1n) is 6.05. The zero-order valence-electron chi connectivity index (χ0n) is 10.4. The smallest absolute Gasteiger partial charge is 0.129 e. The van der Waals surface area contributed by atoms with Gasteiger partial charge in [-0.25, -0.2) is 4.39 Å². The van der Waals surface area contributed by atoms with E-state index < -0.39 is 0 Å². The Kier molecular flexibility index (Phi) is 4.93. The number of benzene rings is 2. The summed E-state index contributed by atoms with van der Waals surface area (Å²) in [6, 6.07) is 12.4. The lowest BCUT2D eigenvalue weighted by Gasteiger charge is -2.12. The maximum atomic E-state index is 13.5. The normalized spacial score (nSPS) is 10.5. The van der Waals surface area contributed by atoms with E-state index in [2.05, 4.69) is 15.9 Å². The summed E-state index contributed by atoms with van der Waals surface area (Å²) in [5.74, 6) is 0.497. The third-order valence-electron chi connectivity index (χ3n) is 2.78. The van der Waals surface area contributed by atoms with Crippen LogP contribution in [-0.4, -0.2) is 6.54 Å². The highest BCUT2D eigenvalue weighted by Crippen LogP contribution is 2.24. The molecular formula is C15H15BrFNO. The largest absolute Gasteiger partial charge is 0.489 e. The maximum absolute atomic E-state index is 13.5. The Hall–Kier alpha value is -1.39. The molecule has 2 N–H and O–H groups in total. The fourth-order valence-electron chi connectivity index (χ4n) is 1.81. The zero-order valence-corrected chi connectivity index (χ0v) is 12.0. The highest BCUT2D eigenvalue weighted by molar-refractivity contribution is 9.10. The van der Waals surface area contributed by atoms with Gasteiger partial charge in [0.25, 0.3) is 0 Å². The average molecular weight is 324 g/mol. The third-order valence-corrected chi connectivity index (χ3v) is 3.27. The molecule has 0 unspecified atom stereocenters. The van der Waals surface area contributed by atoms with Crippen molar-refractivity contribution in [2.75, 3.05) is 6.54 Å². The van der Waals surface area contributed by atoms with Crippen molar-refractivity contribution in [2.45, 2.75) is 13.0 Å². The molecule has 0 aliphatic rings. The lowest BCUT2D eigenvalue weighted by molar-refractivity contribution is 0.296. The molecule has 2 aromatic carbocycles. The first-order valence-corrected chi connectivity index (χ1v) is 6.84. The Balaban J connectivity index is 2.13. The van der Waals surface area contributed by atoms with Gasteiger partial charge >= 0.3 is 0 Å². The average Bonchev–Trinajstić information content (AvgIpc) is 2.40. The maximum Gasteiger partial charge on any atom is 0.129 e. The number of rotatable bonds is 5. The molecule has 2 rings (SSSR count). The summed E-state index contributed by atoms with van der Waals surface area (Å²) in [5.41, 5.74) is 7.15. The Labute approximate surface area is 120 Å². The second-order valence-electron chi connectivity index (χ2n) is 4.17. The van der Waals surface area contributed by atoms with Gasteiger partial charge < -0.3 is 10.5 Å². The van der Waals surface area contributed by atoms with Gasteiger partial charge in [0.15, 0.2) is 0 Å². The molecule has 0 atom stereocenters. The molecule has 2 nitrogen and oxygen atoms in total. The van der Waals surface area contributed by atoms with Crippen molar-refractivity contribution in [1.82, 2.24) is 0 Å². The Morgan fingerprint density at radius 3 is 2.63 bits per heavy atom. The van der Waals surface area contributed by atoms with Gasteiger partial charge in [0.1, 0.15) is 18.2 Å². The highest BCUT2D eigenvalue weighted by Gasteiger charge is 2.06. The van der Waals surface area contributed by atoms with Crippen molar-refractivity contribution in [3.8, 4) is 5.75 Å². The summed E-state index contributed by atoms with van der Waals surface area (Å²) in [5, 5.41) is 0. The third kappa shape index (κ3) is 3.78. The van der Waals surface area contributed by atoms with E-state index in [1.807, 2.05) is 18.2 Å². The summed E-state index contributed by atoms with van der Waals surface area (Å²) in [4.78, 5) is 0. The van der Waals surface area contributed by atoms with Crippen molar-refractivity contribution in [3.05, 3.63) is 63.9 Å². The first-order chi connectivity index (χ1) is 9.20. The van der Waals surface area contributed by atoms with Gasteiger partial charge in [-0.15, -0.1) is 0 Å². The van der Waals surface area contributed by atoms with Gasteiger partial charge in [0.05, 0.1) is 0 Å². The Morgan fingerprint density at radius 1 is 1.11 bits per heavy atom. The molecule has 19 heavy (non-hydrogen) atoms. The van der Waals surface area contributed by atoms with Gasteiger partial charge in [-0.1, -0.05) is 34.1 Å². The van der Waals surface area contributed by atoms with Crippen LogP contribution in [0, 0.1) is 5.82 Å². The van der Waals surface area contributed by atoms with Crippen molar-refractivity contribution < 1.29 is 9.13 Å². The van der Waals surface area contributed by atoms with E-state index in [1.54, 1.807) is 18.2 Å². The summed E-state index contributed by atoms with van der Waals surface area (Å²) in [6.07, 6.45) is 0.728. The van der Waals surface area contributed by atoms with E-state index in [9.17, 15) is 4.39 Å². The highest BCUT2D eigenvalue weighted by atomic mass is 79.9. The second-order valence-corrected chi connectivity index (χ2v) is 5.09. The fraction of sp³-hybridized carbons (Fsp3) is 0.200. The predicted molar refractivity (Wildman–Crippen MR) is 77.6 cm³/mol. The van der Waals surface area contributed by atoms with Crippen LogP contribution in [0.25, 0.3) is 0 Å². The number of hydrogen-bond donors (Lipinski definition) is 1. The molecule has 0 amide bonds. The molecule has 4 heteroatoms. The summed E-state index contributed by atoms with van der Waals surface area (Å²) in [7, 11) is 0. The molecule has 0 saturated heterocycles. The first kappa shape index (κ1) is 14.0. The molecule has 0 aliphatic heterocycles. The van der Waals surface area contributed by atoms with Gasteiger partial charge in [-0.3, -0.25) is 0 Å². The van der Waals surface area contributed by atoms with E-state index in [4.69, 9.17) is 10.5 Å². The fourth-order valence-corrected chi connectivity index (χ4v) is 2.22. The van der Waals surface area contributed by atoms with Crippen LogP contribution >= 0.6 is 15.9 Å². The second kappa shape index (κ2) is 6.68. The predicted octanol–water partition coefficient (Wildman–Crippen LogP) is 3.67. The number of hydrogen-bond acceptors (Lipinski definition) is 2. The molecule has 2 aromatic rings. The summed E-state index contributed by atoms with van der Waals surface area (Å²) >= 11 is 3.42. The van der Waals surface area contributed by atoms with Crippen LogP contribution in [0.15, 0.2) is 46.9 Å². The van der Waals surface area contributed by atoms with Gasteiger partial charge in [-0.05, 0) is 42.8 Å². The lowest BCUT2D eigenvalue weighted by atomic mass is 10.1. The van der Waals surface area contributed by atoms with Crippen LogP contribution in [0.1, 0.15) is 11.1 Å². The Morgan fingerprint density at radius 2 is 1.89 bits per heavy atom. The molecule has 0 saturated carbocycles. The lowest BCUT2D eigenvalue weighted by Crippen LogP contribution is -2.06. The van der Waals surface area contributed by atoms with Crippen molar-refractivity contribution in [3.63, 3.8) is 0 Å². The Bertz CT molecular complexity index is 560. The van der Waals surface area contributed by atoms with Crippen molar-refractivity contribution >= 4 is 15.9 Å². The molecule has 0 fully saturated rings. The minimum absolute atomic E-state index is 0.214. The van der Waals surface area contributed by atoms with Crippen LogP contribution in [-0.2, 0) is 13.0 Å². The van der Waals surface area contributed by atoms with Crippen LogP contribution in [0.4, 0.5) is 4.39 Å². The number of nitrogens with two attached hydrogens (primary N) is 1. The van der Waals surface area contributed by atoms with Crippen LogP contribution in [0.2, 0.25) is 0 Å². The van der Waals surface area contributed by atoms with Crippen LogP contribution in [0.3, 0.4) is 0 Å². The molecule has 0 radical (unpaired) electrons. The number of ether oxygens (including phenoxy) is 1. The zero-order chi connectivity index (χ0) is 13.7. The minimum Gasteiger partial charge on any atom is -0.489 e. The van der Waals surface area contributed by atoms with E-state index in [1.165, 1.54) is 6.07 Å². The van der Waals surface area contributed by atoms with Crippen molar-refractivity contribution in [2.24, 2.45) is 5.73 Å². The molecule has 100 valence electrons. The molecule has 0 aromatic heterocycles. The quantitative estimate of drug-likeness (QED) is 0.911. The van der Waals surface area contributed by atoms with Gasteiger partial charge in [0.2, 0.25) is 0 Å². The standard InChI is InChI=1S/C15H15BrFNO/c16-13-5-6-15(11(9-13)7-8-18)19-10-12-3-1-2-4-14(12)17/h1-6,9H,7-8,10,18H2. The van der Waals surface area contributed by atoms with E-state index in [0.717, 1.165) is 22.2 Å². The van der Waals surface area contributed by atoms with Gasteiger partial charge in [-0.2, -0.15) is 0 Å². The molecule has 0 bridgehead atoms. The molecule has 0 heterocycles. The summed E-state index contributed by atoms with van der Waals surface area (Å²) < 4.78 is 20.2. The summed E-state index contributed by atoms with van der Waals surface area (Å²) in [6.45, 7) is 0.762. The van der Waals surface area contributed by atoms with Crippen LogP contribution in [0.5, 0.6) is 5.75 Å². The van der Waals surface area contributed by atoms with Crippen molar-refractivity contribution in [1.29, 1.82) is 0 Å².